The number of hydrogen-bond donors (Lipinski definition) is 2. The van der Waals surface area contributed by atoms with Crippen LogP contribution in [0.3, 0.4) is 0 Å². The summed E-state index contributed by atoms with van der Waals surface area (Å²) >= 11 is 0. The van der Waals surface area contributed by atoms with E-state index in [2.05, 4.69) is 10.6 Å². The average Bonchev–Trinajstić information content (AvgIpc) is 3.05. The Morgan fingerprint density at radius 3 is 2.50 bits per heavy atom. The van der Waals surface area contributed by atoms with Crippen molar-refractivity contribution in [2.45, 2.75) is 6.04 Å². The second-order valence-electron chi connectivity index (χ2n) is 7.85. The smallest absolute Gasteiger partial charge is 0.319 e. The van der Waals surface area contributed by atoms with E-state index in [1.165, 1.54) is 19.2 Å². The largest absolute Gasteiger partial charge is 0.368 e. The molecule has 2 atom stereocenters. The maximum Gasteiger partial charge on any atom is 0.319 e. The van der Waals surface area contributed by atoms with Crippen molar-refractivity contribution in [3.63, 3.8) is 0 Å². The molecule has 1 saturated carbocycles. The summed E-state index contributed by atoms with van der Waals surface area (Å²) < 4.78 is 27.1. The van der Waals surface area contributed by atoms with Gasteiger partial charge in [0, 0.05) is 44.1 Å². The van der Waals surface area contributed by atoms with E-state index in [-0.39, 0.29) is 34.7 Å². The summed E-state index contributed by atoms with van der Waals surface area (Å²) in [6, 6.07) is 7.75. The highest BCUT2D eigenvalue weighted by Gasteiger charge is 2.56. The molecule has 2 fully saturated rings. The number of piperidine rings is 1. The minimum Gasteiger partial charge on any atom is -0.368 e. The molecule has 1 saturated heterocycles. The van der Waals surface area contributed by atoms with Crippen molar-refractivity contribution < 1.29 is 23.2 Å². The molecule has 2 heterocycles. The van der Waals surface area contributed by atoms with Crippen molar-refractivity contribution in [3.8, 4) is 0 Å². The second-order valence-corrected chi connectivity index (χ2v) is 7.85. The van der Waals surface area contributed by atoms with Crippen LogP contribution in [0.2, 0.25) is 0 Å². The first kappa shape index (κ1) is 18.5. The standard InChI is InChI=1S/C21H18F2N4O3/c1-26-19(28)11-3-2-4-15(17(11)20(26)29)24-21(30)25-18-12-8-27(9-13(12)18)16-6-5-10(22)7-14(16)23/h2-7,12-13,18H,8-9H2,1H3,(H2,24,25,30). The summed E-state index contributed by atoms with van der Waals surface area (Å²) in [4.78, 5) is 39.7. The SMILES string of the molecule is CN1C(=O)c2cccc(NC(=O)NC3C4CN(c5ccc(F)cc5F)CC43)c2C1=O. The predicted octanol–water partition coefficient (Wildman–Crippen LogP) is 2.45. The fourth-order valence-electron chi connectivity index (χ4n) is 4.49. The molecule has 1 aliphatic carbocycles. The third-order valence-electron chi connectivity index (χ3n) is 6.11. The summed E-state index contributed by atoms with van der Waals surface area (Å²) in [5.41, 5.74) is 1.10. The van der Waals surface area contributed by atoms with Crippen molar-refractivity contribution in [1.29, 1.82) is 0 Å². The number of carbonyl (C=O) groups is 3. The van der Waals surface area contributed by atoms with Crippen LogP contribution in [0.15, 0.2) is 36.4 Å². The zero-order valence-corrected chi connectivity index (χ0v) is 16.0. The van der Waals surface area contributed by atoms with Crippen LogP contribution in [-0.2, 0) is 0 Å². The summed E-state index contributed by atoms with van der Waals surface area (Å²) in [6.45, 7) is 1.13. The summed E-state index contributed by atoms with van der Waals surface area (Å²) in [6.07, 6.45) is 0. The number of fused-ring (bicyclic) bond motifs is 2. The van der Waals surface area contributed by atoms with Crippen molar-refractivity contribution >= 4 is 29.2 Å². The van der Waals surface area contributed by atoms with Gasteiger partial charge in [-0.15, -0.1) is 0 Å². The van der Waals surface area contributed by atoms with E-state index in [9.17, 15) is 23.2 Å². The molecule has 9 heteroatoms. The van der Waals surface area contributed by atoms with Crippen LogP contribution < -0.4 is 15.5 Å². The molecule has 154 valence electrons. The van der Waals surface area contributed by atoms with E-state index in [0.29, 0.717) is 18.8 Å². The summed E-state index contributed by atoms with van der Waals surface area (Å²) in [7, 11) is 1.40. The maximum absolute atomic E-state index is 14.0. The Morgan fingerprint density at radius 1 is 1.07 bits per heavy atom. The van der Waals surface area contributed by atoms with Gasteiger partial charge in [-0.1, -0.05) is 6.07 Å². The molecule has 2 aromatic carbocycles. The molecule has 3 aliphatic rings. The third-order valence-corrected chi connectivity index (χ3v) is 6.11. The number of anilines is 2. The fourth-order valence-corrected chi connectivity index (χ4v) is 4.49. The van der Waals surface area contributed by atoms with Crippen LogP contribution in [0.4, 0.5) is 25.0 Å². The molecule has 5 rings (SSSR count). The summed E-state index contributed by atoms with van der Waals surface area (Å²) in [5, 5.41) is 5.56. The topological polar surface area (TPSA) is 81.8 Å². The van der Waals surface area contributed by atoms with E-state index in [1.807, 2.05) is 4.90 Å². The first-order valence-corrected chi connectivity index (χ1v) is 9.58. The third kappa shape index (κ3) is 2.80. The highest BCUT2D eigenvalue weighted by molar-refractivity contribution is 6.24. The molecule has 7 nitrogen and oxygen atoms in total. The Bertz CT molecular complexity index is 1090. The number of amides is 4. The van der Waals surface area contributed by atoms with Crippen LogP contribution >= 0.6 is 0 Å². The number of benzene rings is 2. The van der Waals surface area contributed by atoms with Gasteiger partial charge in [0.25, 0.3) is 11.8 Å². The fraction of sp³-hybridized carbons (Fsp3) is 0.286. The number of rotatable bonds is 3. The molecule has 0 aromatic heterocycles. The van der Waals surface area contributed by atoms with Crippen molar-refractivity contribution in [2.24, 2.45) is 11.8 Å². The monoisotopic (exact) mass is 412 g/mol. The Kier molecular flexibility index (Phi) is 4.02. The molecule has 2 aromatic rings. The van der Waals surface area contributed by atoms with Crippen LogP contribution in [0.1, 0.15) is 20.7 Å². The minimum atomic E-state index is -0.615. The zero-order valence-electron chi connectivity index (χ0n) is 16.0. The molecular formula is C21H18F2N4O3. The highest BCUT2D eigenvalue weighted by atomic mass is 19.1. The number of nitrogens with one attached hydrogen (secondary N) is 2. The van der Waals surface area contributed by atoms with E-state index in [0.717, 1.165) is 11.0 Å². The molecule has 0 radical (unpaired) electrons. The van der Waals surface area contributed by atoms with Crippen LogP contribution in [0.25, 0.3) is 0 Å². The number of nitrogens with zero attached hydrogens (tertiary/aromatic N) is 2. The first-order valence-electron chi connectivity index (χ1n) is 9.58. The van der Waals surface area contributed by atoms with Gasteiger partial charge in [-0.2, -0.15) is 0 Å². The van der Waals surface area contributed by atoms with Gasteiger partial charge in [0.15, 0.2) is 0 Å². The highest BCUT2D eigenvalue weighted by Crippen LogP contribution is 2.47. The van der Waals surface area contributed by atoms with Gasteiger partial charge in [0.2, 0.25) is 0 Å². The number of carbonyl (C=O) groups excluding carboxylic acids is 3. The van der Waals surface area contributed by atoms with Crippen LogP contribution in [0, 0.1) is 23.5 Å². The molecule has 0 bridgehead atoms. The Labute approximate surface area is 170 Å². The molecule has 2 N–H and O–H groups in total. The lowest BCUT2D eigenvalue weighted by Crippen LogP contribution is -2.37. The van der Waals surface area contributed by atoms with Gasteiger partial charge in [0.05, 0.1) is 22.5 Å². The quantitative estimate of drug-likeness (QED) is 0.759. The Morgan fingerprint density at radius 2 is 1.80 bits per heavy atom. The molecule has 2 aliphatic heterocycles. The van der Waals surface area contributed by atoms with Gasteiger partial charge in [-0.25, -0.2) is 13.6 Å². The van der Waals surface area contributed by atoms with Gasteiger partial charge in [-0.3, -0.25) is 14.5 Å². The van der Waals surface area contributed by atoms with Gasteiger partial charge >= 0.3 is 6.03 Å². The van der Waals surface area contributed by atoms with Crippen molar-refractivity contribution in [2.75, 3.05) is 30.4 Å². The number of halogens is 2. The molecule has 4 amide bonds. The number of hydrogen-bond acceptors (Lipinski definition) is 4. The van der Waals surface area contributed by atoms with E-state index < -0.39 is 29.5 Å². The van der Waals surface area contributed by atoms with Crippen LogP contribution in [0.5, 0.6) is 0 Å². The zero-order chi connectivity index (χ0) is 21.2. The number of imide groups is 1. The minimum absolute atomic E-state index is 0.0541. The lowest BCUT2D eigenvalue weighted by molar-refractivity contribution is 0.0693. The molecular weight excluding hydrogens is 394 g/mol. The molecule has 2 unspecified atom stereocenters. The molecule has 0 spiro atoms. The van der Waals surface area contributed by atoms with Gasteiger partial charge in [0.1, 0.15) is 11.6 Å². The van der Waals surface area contributed by atoms with Gasteiger partial charge < -0.3 is 15.5 Å². The Hall–Kier alpha value is -3.49. The lowest BCUT2D eigenvalue weighted by atomic mass is 10.1. The van der Waals surface area contributed by atoms with Gasteiger partial charge in [-0.05, 0) is 24.3 Å². The first-order chi connectivity index (χ1) is 14.3. The Balaban J connectivity index is 1.22. The van der Waals surface area contributed by atoms with E-state index in [4.69, 9.17) is 0 Å². The van der Waals surface area contributed by atoms with Crippen LogP contribution in [-0.4, -0.2) is 48.9 Å². The predicted molar refractivity (Wildman–Crippen MR) is 104 cm³/mol. The van der Waals surface area contributed by atoms with Crippen molar-refractivity contribution in [1.82, 2.24) is 10.2 Å². The second kappa shape index (κ2) is 6.51. The average molecular weight is 412 g/mol. The maximum atomic E-state index is 14.0. The lowest BCUT2D eigenvalue weighted by Gasteiger charge is -2.23. The normalized spacial score (nSPS) is 24.0. The van der Waals surface area contributed by atoms with E-state index in [1.54, 1.807) is 18.2 Å². The molecule has 30 heavy (non-hydrogen) atoms. The van der Waals surface area contributed by atoms with Crippen molar-refractivity contribution in [3.05, 3.63) is 59.2 Å². The van der Waals surface area contributed by atoms with E-state index >= 15 is 0 Å². The number of urea groups is 1. The summed E-state index contributed by atoms with van der Waals surface area (Å²) in [5.74, 6) is -1.71.